The lowest BCUT2D eigenvalue weighted by Crippen LogP contribution is -2.50. The van der Waals surface area contributed by atoms with Crippen molar-refractivity contribution in [3.63, 3.8) is 0 Å². The van der Waals surface area contributed by atoms with Crippen LogP contribution in [0.4, 0.5) is 14.6 Å². The van der Waals surface area contributed by atoms with Gasteiger partial charge in [0.05, 0.1) is 5.71 Å². The fourth-order valence-corrected chi connectivity index (χ4v) is 4.75. The number of aromatic nitrogens is 3. The van der Waals surface area contributed by atoms with Crippen LogP contribution in [0.25, 0.3) is 10.7 Å². The third-order valence-corrected chi connectivity index (χ3v) is 6.55. The van der Waals surface area contributed by atoms with E-state index in [1.54, 1.807) is 12.3 Å². The molecule has 0 unspecified atom stereocenters. The number of dihydropyridines is 1. The minimum absolute atomic E-state index is 0.0567. The minimum Gasteiger partial charge on any atom is -0.368 e. The first kappa shape index (κ1) is 21.5. The van der Waals surface area contributed by atoms with E-state index in [2.05, 4.69) is 30.8 Å². The lowest BCUT2D eigenvalue weighted by Gasteiger charge is -2.45. The summed E-state index contributed by atoms with van der Waals surface area (Å²) in [7, 11) is 0. The molecule has 10 heteroatoms. The van der Waals surface area contributed by atoms with E-state index in [9.17, 15) is 13.6 Å². The van der Waals surface area contributed by atoms with Crippen LogP contribution in [0.5, 0.6) is 0 Å². The Balaban J connectivity index is 1.37. The topological polar surface area (TPSA) is 92.2 Å². The van der Waals surface area contributed by atoms with Gasteiger partial charge in [0.25, 0.3) is 0 Å². The summed E-state index contributed by atoms with van der Waals surface area (Å²) >= 11 is 1.50. The number of allylic oxidation sites excluding steroid dienone is 1. The molecule has 1 saturated carbocycles. The normalized spacial score (nSPS) is 22.9. The van der Waals surface area contributed by atoms with E-state index >= 15 is 0 Å². The molecule has 1 aliphatic heterocycles. The molecule has 0 atom stereocenters. The second-order valence-electron chi connectivity index (χ2n) is 7.88. The number of nitrogens with zero attached hydrogens (tertiary/aromatic N) is 4. The summed E-state index contributed by atoms with van der Waals surface area (Å²) in [5, 5.41) is 15.1. The molecule has 0 saturated heterocycles. The Hall–Kier alpha value is -2.75. The van der Waals surface area contributed by atoms with E-state index < -0.39 is 11.6 Å². The number of carbonyl (C=O) groups is 1. The maximum atomic E-state index is 14.3. The number of halogens is 2. The number of carbonyl (C=O) groups excluding carboxylic acids is 1. The van der Waals surface area contributed by atoms with Gasteiger partial charge in [0.1, 0.15) is 28.5 Å². The Bertz CT molecular complexity index is 998. The molecule has 164 valence electrons. The van der Waals surface area contributed by atoms with Gasteiger partial charge in [-0.05, 0) is 37.5 Å². The summed E-state index contributed by atoms with van der Waals surface area (Å²) in [4.78, 5) is 20.7. The number of alkyl halides is 1. The van der Waals surface area contributed by atoms with Gasteiger partial charge < -0.3 is 10.6 Å². The van der Waals surface area contributed by atoms with E-state index in [1.165, 1.54) is 24.3 Å². The molecule has 2 N–H and O–H groups in total. The predicted molar refractivity (Wildman–Crippen MR) is 117 cm³/mol. The van der Waals surface area contributed by atoms with Gasteiger partial charge in [-0.2, -0.15) is 0 Å². The van der Waals surface area contributed by atoms with Crippen LogP contribution in [0.2, 0.25) is 0 Å². The van der Waals surface area contributed by atoms with Crippen molar-refractivity contribution in [3.05, 3.63) is 35.1 Å². The van der Waals surface area contributed by atoms with Crippen LogP contribution >= 0.6 is 11.3 Å². The van der Waals surface area contributed by atoms with Crippen molar-refractivity contribution in [1.29, 1.82) is 0 Å². The van der Waals surface area contributed by atoms with Crippen LogP contribution in [0.1, 0.15) is 31.1 Å². The summed E-state index contributed by atoms with van der Waals surface area (Å²) < 4.78 is 28.0. The fourth-order valence-electron chi connectivity index (χ4n) is 3.87. The number of anilines is 1. The summed E-state index contributed by atoms with van der Waals surface area (Å²) in [5.74, 6) is 0.145. The Morgan fingerprint density at radius 1 is 1.32 bits per heavy atom. The molecule has 1 fully saturated rings. The van der Waals surface area contributed by atoms with E-state index in [1.807, 2.05) is 6.07 Å². The van der Waals surface area contributed by atoms with Crippen LogP contribution in [0.3, 0.4) is 0 Å². The van der Waals surface area contributed by atoms with Gasteiger partial charge in [-0.15, -0.1) is 21.5 Å². The molecule has 2 aromatic heterocycles. The quantitative estimate of drug-likeness (QED) is 0.648. The van der Waals surface area contributed by atoms with Gasteiger partial charge in [-0.3, -0.25) is 9.79 Å². The van der Waals surface area contributed by atoms with Crippen LogP contribution in [-0.4, -0.2) is 52.6 Å². The average molecular weight is 447 g/mol. The first-order chi connectivity index (χ1) is 14.9. The Morgan fingerprint density at radius 3 is 2.84 bits per heavy atom. The van der Waals surface area contributed by atoms with Crippen LogP contribution in [0, 0.1) is 5.41 Å². The molecule has 2 aliphatic rings. The molecule has 2 aromatic rings. The van der Waals surface area contributed by atoms with Crippen molar-refractivity contribution in [3.8, 4) is 10.7 Å². The van der Waals surface area contributed by atoms with Gasteiger partial charge in [0, 0.05) is 49.5 Å². The Morgan fingerprint density at radius 2 is 2.16 bits per heavy atom. The number of aliphatic imine (C=N–C) groups is 1. The Kier molecular flexibility index (Phi) is 6.35. The second kappa shape index (κ2) is 9.17. The van der Waals surface area contributed by atoms with Crippen molar-refractivity contribution >= 4 is 28.8 Å². The molecule has 0 radical (unpaired) electrons. The third kappa shape index (κ3) is 4.95. The number of nitrogens with one attached hydrogen (secondary N) is 2. The van der Waals surface area contributed by atoms with Crippen LogP contribution in [-0.2, 0) is 11.2 Å². The lowest BCUT2D eigenvalue weighted by molar-refractivity contribution is -0.118. The number of hydrogen-bond donors (Lipinski definition) is 2. The number of hydrogen-bond acceptors (Lipinski definition) is 7. The van der Waals surface area contributed by atoms with Crippen molar-refractivity contribution in [1.82, 2.24) is 20.5 Å². The highest BCUT2D eigenvalue weighted by atomic mass is 32.1. The minimum atomic E-state index is -0.933. The zero-order chi connectivity index (χ0) is 21.8. The number of rotatable bonds is 8. The van der Waals surface area contributed by atoms with E-state index in [-0.39, 0.29) is 24.6 Å². The molecule has 4 rings (SSSR count). The maximum Gasteiger partial charge on any atom is 0.216 e. The van der Waals surface area contributed by atoms with Gasteiger partial charge in [-0.25, -0.2) is 13.8 Å². The summed E-state index contributed by atoms with van der Waals surface area (Å²) in [6, 6.07) is 3.60. The first-order valence-corrected chi connectivity index (χ1v) is 11.1. The smallest absolute Gasteiger partial charge is 0.216 e. The van der Waals surface area contributed by atoms with Crippen LogP contribution in [0.15, 0.2) is 35.2 Å². The molecule has 1 amide bonds. The first-order valence-electron chi connectivity index (χ1n) is 10.3. The molecule has 31 heavy (non-hydrogen) atoms. The zero-order valence-electron chi connectivity index (χ0n) is 17.2. The molecule has 7 nitrogen and oxygen atoms in total. The summed E-state index contributed by atoms with van der Waals surface area (Å²) in [5.41, 5.74) is 0.382. The van der Waals surface area contributed by atoms with Crippen LogP contribution < -0.4 is 10.6 Å². The zero-order valence-corrected chi connectivity index (χ0v) is 18.0. The highest BCUT2D eigenvalue weighted by Crippen LogP contribution is 2.47. The Labute approximate surface area is 183 Å². The van der Waals surface area contributed by atoms with E-state index in [0.29, 0.717) is 49.7 Å². The van der Waals surface area contributed by atoms with Crippen molar-refractivity contribution < 1.29 is 13.6 Å². The fraction of sp³-hybridized carbons (Fsp3) is 0.476. The van der Waals surface area contributed by atoms with E-state index in [0.717, 1.165) is 9.88 Å². The average Bonchev–Trinajstić information content (AvgIpc) is 3.20. The molecular formula is C21H24F2N6OS. The largest absolute Gasteiger partial charge is 0.368 e. The molecule has 0 spiro atoms. The highest BCUT2D eigenvalue weighted by Gasteiger charge is 2.50. The number of thiazole rings is 1. The predicted octanol–water partition coefficient (Wildman–Crippen LogP) is 3.51. The summed E-state index contributed by atoms with van der Waals surface area (Å²) in [6.07, 6.45) is 4.17. The van der Waals surface area contributed by atoms with E-state index in [4.69, 9.17) is 0 Å². The molecule has 0 bridgehead atoms. The van der Waals surface area contributed by atoms with Crippen molar-refractivity contribution in [2.24, 2.45) is 10.4 Å². The van der Waals surface area contributed by atoms with Gasteiger partial charge in [-0.1, -0.05) is 0 Å². The summed E-state index contributed by atoms with van der Waals surface area (Å²) in [6.45, 7) is 2.94. The van der Waals surface area contributed by atoms with Crippen molar-refractivity contribution in [2.75, 3.05) is 25.0 Å². The monoisotopic (exact) mass is 446 g/mol. The lowest BCUT2D eigenvalue weighted by atomic mass is 9.63. The highest BCUT2D eigenvalue weighted by molar-refractivity contribution is 7.15. The van der Waals surface area contributed by atoms with Gasteiger partial charge in [0.15, 0.2) is 0 Å². The van der Waals surface area contributed by atoms with Gasteiger partial charge >= 0.3 is 0 Å². The maximum absolute atomic E-state index is 14.3. The SMILES string of the molecule is CC(=O)NCCc1cnc(-c2ccc(NCC3(C4=NCCC=C4F)CC(F)C3)nn2)s1. The molecule has 1 aliphatic carbocycles. The molecule has 0 aromatic carbocycles. The molecule has 3 heterocycles. The van der Waals surface area contributed by atoms with Gasteiger partial charge in [0.2, 0.25) is 5.91 Å². The number of amides is 1. The molecular weight excluding hydrogens is 422 g/mol. The standard InChI is InChI=1S/C21H24F2N6OS/c1-13(30)24-8-6-15-11-26-20(31-15)17-4-5-18(29-28-17)27-12-21(9-14(22)10-21)19-16(23)3-2-7-25-19/h3-5,11,14H,2,6-10,12H2,1H3,(H,24,30)(H,27,29). The van der Waals surface area contributed by atoms with Crippen molar-refractivity contribution in [2.45, 2.75) is 38.8 Å². The second-order valence-corrected chi connectivity index (χ2v) is 8.99. The third-order valence-electron chi connectivity index (χ3n) is 5.47.